The molecule has 1 aromatic heterocycles. The van der Waals surface area contributed by atoms with Crippen LogP contribution in [-0.4, -0.2) is 40.9 Å². The van der Waals surface area contributed by atoms with E-state index in [0.717, 1.165) is 50.3 Å². The third-order valence-corrected chi connectivity index (χ3v) is 4.59. The van der Waals surface area contributed by atoms with Crippen LogP contribution in [0.1, 0.15) is 43.7 Å². The van der Waals surface area contributed by atoms with Gasteiger partial charge in [-0.2, -0.15) is 0 Å². The number of nitrogens with one attached hydrogen (secondary N) is 1. The van der Waals surface area contributed by atoms with Gasteiger partial charge in [0.25, 0.3) is 0 Å². The van der Waals surface area contributed by atoms with E-state index in [9.17, 15) is 4.79 Å². The molecule has 1 saturated heterocycles. The second-order valence-electron chi connectivity index (χ2n) is 5.81. The number of carbonyl (C=O) groups is 1. The average molecular weight is 274 g/mol. The minimum atomic E-state index is 0.318. The number of hydrogen-bond donors (Lipinski definition) is 1. The highest BCUT2D eigenvalue weighted by molar-refractivity contribution is 5.79. The molecule has 0 aromatic carbocycles. The van der Waals surface area contributed by atoms with Crippen LogP contribution in [-0.2, 0) is 4.79 Å². The van der Waals surface area contributed by atoms with Gasteiger partial charge in [-0.25, -0.2) is 4.98 Å². The Hall–Kier alpha value is -1.65. The van der Waals surface area contributed by atoms with Gasteiger partial charge >= 0.3 is 0 Å². The summed E-state index contributed by atoms with van der Waals surface area (Å²) < 4.78 is 0. The molecule has 1 aromatic rings. The van der Waals surface area contributed by atoms with Gasteiger partial charge in [0, 0.05) is 38.2 Å². The molecule has 0 unspecified atom stereocenters. The van der Waals surface area contributed by atoms with Crippen molar-refractivity contribution in [1.82, 2.24) is 14.9 Å². The van der Waals surface area contributed by atoms with Gasteiger partial charge in [-0.3, -0.25) is 9.78 Å². The van der Waals surface area contributed by atoms with E-state index in [0.29, 0.717) is 17.7 Å². The first-order valence-corrected chi connectivity index (χ1v) is 7.56. The molecule has 2 heterocycles. The van der Waals surface area contributed by atoms with Gasteiger partial charge in [0.2, 0.25) is 5.91 Å². The van der Waals surface area contributed by atoms with Crippen molar-refractivity contribution in [3.63, 3.8) is 0 Å². The predicted octanol–water partition coefficient (Wildman–Crippen LogP) is 2.02. The van der Waals surface area contributed by atoms with E-state index in [1.54, 1.807) is 6.20 Å². The Morgan fingerprint density at radius 2 is 2.00 bits per heavy atom. The number of aromatic nitrogens is 2. The van der Waals surface area contributed by atoms with Gasteiger partial charge in [-0.15, -0.1) is 0 Å². The maximum absolute atomic E-state index is 12.2. The van der Waals surface area contributed by atoms with E-state index in [-0.39, 0.29) is 0 Å². The normalized spacial score (nSPS) is 20.6. The van der Waals surface area contributed by atoms with Gasteiger partial charge in [0.05, 0.1) is 11.9 Å². The second kappa shape index (κ2) is 5.77. The van der Waals surface area contributed by atoms with Gasteiger partial charge < -0.3 is 10.2 Å². The Labute approximate surface area is 119 Å². The van der Waals surface area contributed by atoms with E-state index in [1.165, 1.54) is 6.42 Å². The third kappa shape index (κ3) is 2.62. The fraction of sp³-hybridized carbons (Fsp3) is 0.667. The SMILES string of the molecule is CNc1cncc(C2CCN(C(=O)C3CCC3)CC2)n1. The van der Waals surface area contributed by atoms with Gasteiger partial charge in [0.1, 0.15) is 5.82 Å². The van der Waals surface area contributed by atoms with Crippen molar-refractivity contribution in [3.05, 3.63) is 18.1 Å². The number of anilines is 1. The van der Waals surface area contributed by atoms with E-state index >= 15 is 0 Å². The molecule has 1 saturated carbocycles. The number of rotatable bonds is 3. The third-order valence-electron chi connectivity index (χ3n) is 4.59. The Morgan fingerprint density at radius 3 is 2.60 bits per heavy atom. The molecular formula is C15H22N4O. The molecule has 0 atom stereocenters. The molecule has 2 aliphatic rings. The highest BCUT2D eigenvalue weighted by Gasteiger charge is 2.32. The van der Waals surface area contributed by atoms with Gasteiger partial charge in [-0.1, -0.05) is 6.42 Å². The first kappa shape index (κ1) is 13.3. The zero-order valence-electron chi connectivity index (χ0n) is 12.0. The minimum Gasteiger partial charge on any atom is -0.372 e. The van der Waals surface area contributed by atoms with Crippen molar-refractivity contribution in [1.29, 1.82) is 0 Å². The van der Waals surface area contributed by atoms with E-state index in [4.69, 9.17) is 0 Å². The van der Waals surface area contributed by atoms with E-state index < -0.39 is 0 Å². The molecule has 0 radical (unpaired) electrons. The Morgan fingerprint density at radius 1 is 1.25 bits per heavy atom. The summed E-state index contributed by atoms with van der Waals surface area (Å²) in [7, 11) is 1.85. The van der Waals surface area contributed by atoms with Crippen LogP contribution in [0.3, 0.4) is 0 Å². The lowest BCUT2D eigenvalue weighted by Gasteiger charge is -2.36. The summed E-state index contributed by atoms with van der Waals surface area (Å²) in [6.07, 6.45) is 9.00. The van der Waals surface area contributed by atoms with Crippen molar-refractivity contribution in [2.75, 3.05) is 25.5 Å². The van der Waals surface area contributed by atoms with Crippen LogP contribution < -0.4 is 5.32 Å². The summed E-state index contributed by atoms with van der Waals surface area (Å²) in [4.78, 5) is 23.1. The molecule has 1 aliphatic carbocycles. The molecule has 5 nitrogen and oxygen atoms in total. The zero-order chi connectivity index (χ0) is 13.9. The van der Waals surface area contributed by atoms with Crippen LogP contribution in [0.5, 0.6) is 0 Å². The molecule has 108 valence electrons. The van der Waals surface area contributed by atoms with Crippen LogP contribution in [0.4, 0.5) is 5.82 Å². The maximum Gasteiger partial charge on any atom is 0.225 e. The summed E-state index contributed by atoms with van der Waals surface area (Å²) in [6.45, 7) is 1.73. The van der Waals surface area contributed by atoms with Crippen LogP contribution in [0.2, 0.25) is 0 Å². The quantitative estimate of drug-likeness (QED) is 0.916. The van der Waals surface area contributed by atoms with Crippen molar-refractivity contribution in [3.8, 4) is 0 Å². The monoisotopic (exact) mass is 274 g/mol. The van der Waals surface area contributed by atoms with Crippen molar-refractivity contribution < 1.29 is 4.79 Å². The van der Waals surface area contributed by atoms with Crippen LogP contribution >= 0.6 is 0 Å². The Bertz CT molecular complexity index is 479. The van der Waals surface area contributed by atoms with Crippen molar-refractivity contribution in [2.24, 2.45) is 5.92 Å². The van der Waals surface area contributed by atoms with E-state index in [1.807, 2.05) is 13.2 Å². The van der Waals surface area contributed by atoms with Crippen molar-refractivity contribution in [2.45, 2.75) is 38.0 Å². The molecule has 1 N–H and O–H groups in total. The van der Waals surface area contributed by atoms with Crippen LogP contribution in [0.15, 0.2) is 12.4 Å². The lowest BCUT2D eigenvalue weighted by molar-refractivity contribution is -0.139. The number of carbonyl (C=O) groups excluding carboxylic acids is 1. The Kier molecular flexibility index (Phi) is 3.85. The molecule has 0 bridgehead atoms. The number of hydrogen-bond acceptors (Lipinski definition) is 4. The maximum atomic E-state index is 12.2. The first-order chi connectivity index (χ1) is 9.78. The van der Waals surface area contributed by atoms with Crippen LogP contribution in [0.25, 0.3) is 0 Å². The molecule has 1 amide bonds. The first-order valence-electron chi connectivity index (χ1n) is 7.56. The molecule has 20 heavy (non-hydrogen) atoms. The fourth-order valence-electron chi connectivity index (χ4n) is 3.01. The molecule has 0 spiro atoms. The smallest absolute Gasteiger partial charge is 0.225 e. The standard InChI is InChI=1S/C15H22N4O/c1-16-14-10-17-9-13(18-14)11-5-7-19(8-6-11)15(20)12-3-2-4-12/h9-12H,2-8H2,1H3,(H,16,18). The van der Waals surface area contributed by atoms with E-state index in [2.05, 4.69) is 20.2 Å². The number of amides is 1. The van der Waals surface area contributed by atoms with Crippen molar-refractivity contribution >= 4 is 11.7 Å². The summed E-state index contributed by atoms with van der Waals surface area (Å²) in [5, 5.41) is 3.03. The second-order valence-corrected chi connectivity index (χ2v) is 5.81. The zero-order valence-corrected chi connectivity index (χ0v) is 12.0. The predicted molar refractivity (Wildman–Crippen MR) is 77.5 cm³/mol. The highest BCUT2D eigenvalue weighted by Crippen LogP contribution is 2.32. The largest absolute Gasteiger partial charge is 0.372 e. The molecule has 1 aliphatic heterocycles. The van der Waals surface area contributed by atoms with Crippen LogP contribution in [0, 0.1) is 5.92 Å². The summed E-state index contributed by atoms with van der Waals surface area (Å²) in [5.41, 5.74) is 1.05. The average Bonchev–Trinajstić information content (AvgIpc) is 2.45. The van der Waals surface area contributed by atoms with Gasteiger partial charge in [0.15, 0.2) is 0 Å². The Balaban J connectivity index is 1.58. The number of likely N-dealkylation sites (tertiary alicyclic amines) is 1. The topological polar surface area (TPSA) is 58.1 Å². The molecule has 3 rings (SSSR count). The van der Waals surface area contributed by atoms with Gasteiger partial charge in [-0.05, 0) is 25.7 Å². The minimum absolute atomic E-state index is 0.318. The lowest BCUT2D eigenvalue weighted by Crippen LogP contribution is -2.43. The number of nitrogens with zero attached hydrogens (tertiary/aromatic N) is 3. The molecular weight excluding hydrogens is 252 g/mol. The fourth-order valence-corrected chi connectivity index (χ4v) is 3.01. The molecule has 5 heteroatoms. The highest BCUT2D eigenvalue weighted by atomic mass is 16.2. The summed E-state index contributed by atoms with van der Waals surface area (Å²) in [5.74, 6) is 1.94. The number of piperidine rings is 1. The summed E-state index contributed by atoms with van der Waals surface area (Å²) >= 11 is 0. The molecule has 2 fully saturated rings. The summed E-state index contributed by atoms with van der Waals surface area (Å²) in [6, 6.07) is 0. The lowest BCUT2D eigenvalue weighted by atomic mass is 9.83.